The zero-order valence-corrected chi connectivity index (χ0v) is 11.5. The van der Waals surface area contributed by atoms with Gasteiger partial charge in [-0.2, -0.15) is 5.26 Å². The fraction of sp³-hybridized carbons (Fsp3) is 0.538. The Kier molecular flexibility index (Phi) is 3.42. The molecule has 0 saturated carbocycles. The van der Waals surface area contributed by atoms with Crippen LogP contribution in [0.25, 0.3) is 0 Å². The quantitative estimate of drug-likeness (QED) is 0.858. The van der Waals surface area contributed by atoms with E-state index < -0.39 is 5.54 Å². The molecule has 0 spiro atoms. The van der Waals surface area contributed by atoms with Crippen LogP contribution in [0.4, 0.5) is 5.00 Å². The number of nitrogens with two attached hydrogens (primary N) is 1. The third-order valence-electron chi connectivity index (χ3n) is 3.10. The molecule has 0 bridgehead atoms. The number of thiophene rings is 1. The molecule has 1 aliphatic rings. The number of hydrogen-bond acceptors (Lipinski definition) is 4. The summed E-state index contributed by atoms with van der Waals surface area (Å²) in [5.41, 5.74) is 6.57. The van der Waals surface area contributed by atoms with Crippen molar-refractivity contribution in [2.24, 2.45) is 5.73 Å². The van der Waals surface area contributed by atoms with Crippen molar-refractivity contribution in [3.63, 3.8) is 0 Å². The number of aryl methyl sites for hydroxylation is 1. The summed E-state index contributed by atoms with van der Waals surface area (Å²) in [5, 5.41) is 12.7. The summed E-state index contributed by atoms with van der Waals surface area (Å²) in [6.45, 7) is 3.31. The second-order valence-corrected chi connectivity index (χ2v) is 6.31. The first kappa shape index (κ1) is 13.1. The van der Waals surface area contributed by atoms with Gasteiger partial charge >= 0.3 is 0 Å². The van der Waals surface area contributed by atoms with E-state index in [1.807, 2.05) is 0 Å². The molecule has 3 N–H and O–H groups in total. The van der Waals surface area contributed by atoms with Gasteiger partial charge in [-0.05, 0) is 45.1 Å². The molecule has 0 saturated heterocycles. The normalized spacial score (nSPS) is 14.8. The lowest BCUT2D eigenvalue weighted by Crippen LogP contribution is -2.45. The first-order valence-corrected chi connectivity index (χ1v) is 6.90. The third-order valence-corrected chi connectivity index (χ3v) is 4.30. The monoisotopic (exact) mass is 263 g/mol. The molecule has 5 heteroatoms. The number of carbonyl (C=O) groups excluding carboxylic acids is 1. The van der Waals surface area contributed by atoms with Crippen LogP contribution in [0.3, 0.4) is 0 Å². The lowest BCUT2D eigenvalue weighted by atomic mass is 9.96. The Morgan fingerprint density at radius 1 is 1.44 bits per heavy atom. The number of rotatable bonds is 2. The minimum atomic E-state index is -0.933. The molecular formula is C13H17N3OS. The number of hydrogen-bond donors (Lipinski definition) is 2. The highest BCUT2D eigenvalue weighted by molar-refractivity contribution is 7.16. The minimum absolute atomic E-state index is 0.252. The summed E-state index contributed by atoms with van der Waals surface area (Å²) in [6.07, 6.45) is 4.23. The van der Waals surface area contributed by atoms with Gasteiger partial charge in [0.15, 0.2) is 0 Å². The predicted octanol–water partition coefficient (Wildman–Crippen LogP) is 2.17. The van der Waals surface area contributed by atoms with Crippen LogP contribution in [0.15, 0.2) is 0 Å². The summed E-state index contributed by atoms with van der Waals surface area (Å²) in [4.78, 5) is 13.1. The van der Waals surface area contributed by atoms with Gasteiger partial charge in [0.1, 0.15) is 11.1 Å². The molecule has 0 aliphatic heterocycles. The van der Waals surface area contributed by atoms with E-state index >= 15 is 0 Å². The first-order chi connectivity index (χ1) is 8.43. The molecule has 1 aromatic rings. The average molecular weight is 263 g/mol. The van der Waals surface area contributed by atoms with E-state index in [2.05, 4.69) is 11.4 Å². The van der Waals surface area contributed by atoms with Crippen molar-refractivity contribution in [3.8, 4) is 6.07 Å². The Hall–Kier alpha value is -1.38. The van der Waals surface area contributed by atoms with Crippen LogP contribution in [0.5, 0.6) is 0 Å². The van der Waals surface area contributed by atoms with Gasteiger partial charge in [-0.3, -0.25) is 4.79 Å². The fourth-order valence-corrected chi connectivity index (χ4v) is 3.27. The van der Waals surface area contributed by atoms with Crippen LogP contribution >= 0.6 is 11.3 Å². The van der Waals surface area contributed by atoms with Crippen molar-refractivity contribution < 1.29 is 4.79 Å². The van der Waals surface area contributed by atoms with Crippen LogP contribution in [0, 0.1) is 11.3 Å². The highest BCUT2D eigenvalue weighted by atomic mass is 32.1. The summed E-state index contributed by atoms with van der Waals surface area (Å²) in [6, 6.07) is 2.22. The van der Waals surface area contributed by atoms with Crippen LogP contribution in [-0.2, 0) is 17.6 Å². The molecule has 1 heterocycles. The van der Waals surface area contributed by atoms with Gasteiger partial charge in [0.05, 0.1) is 11.1 Å². The minimum Gasteiger partial charge on any atom is -0.318 e. The molecule has 0 unspecified atom stereocenters. The number of nitriles is 1. The average Bonchev–Trinajstić information content (AvgIpc) is 2.64. The maximum Gasteiger partial charge on any atom is 0.244 e. The highest BCUT2D eigenvalue weighted by Crippen LogP contribution is 2.37. The van der Waals surface area contributed by atoms with Gasteiger partial charge in [0.25, 0.3) is 0 Å². The Bertz CT molecular complexity index is 520. The highest BCUT2D eigenvalue weighted by Gasteiger charge is 2.26. The second-order valence-electron chi connectivity index (χ2n) is 5.20. The van der Waals surface area contributed by atoms with Crippen molar-refractivity contribution in [2.45, 2.75) is 45.1 Å². The molecule has 18 heavy (non-hydrogen) atoms. The Labute approximate surface area is 111 Å². The number of amides is 1. The molecule has 2 rings (SSSR count). The number of carbonyl (C=O) groups is 1. The smallest absolute Gasteiger partial charge is 0.244 e. The van der Waals surface area contributed by atoms with Gasteiger partial charge in [-0.15, -0.1) is 11.3 Å². The SMILES string of the molecule is CC(C)(N)C(=O)Nc1sc2c(c1C#N)CCCC2. The Morgan fingerprint density at radius 2 is 2.11 bits per heavy atom. The van der Waals surface area contributed by atoms with E-state index in [4.69, 9.17) is 5.73 Å². The molecule has 1 amide bonds. The standard InChI is InChI=1S/C13H17N3OS/c1-13(2,15)12(17)16-11-9(7-14)8-5-3-4-6-10(8)18-11/h3-6,15H2,1-2H3,(H,16,17). The van der Waals surface area contributed by atoms with Gasteiger partial charge in [0, 0.05) is 4.88 Å². The number of nitrogens with zero attached hydrogens (tertiary/aromatic N) is 1. The second kappa shape index (κ2) is 4.71. The molecule has 0 radical (unpaired) electrons. The number of nitrogens with one attached hydrogen (secondary N) is 1. The van der Waals surface area contributed by atoms with Crippen LogP contribution < -0.4 is 11.1 Å². The van der Waals surface area contributed by atoms with E-state index in [1.165, 1.54) is 16.2 Å². The van der Waals surface area contributed by atoms with Crippen molar-refractivity contribution >= 4 is 22.2 Å². The Balaban J connectivity index is 2.32. The largest absolute Gasteiger partial charge is 0.318 e. The maximum absolute atomic E-state index is 11.9. The van der Waals surface area contributed by atoms with E-state index in [0.717, 1.165) is 31.2 Å². The van der Waals surface area contributed by atoms with Crippen LogP contribution in [0.1, 0.15) is 42.7 Å². The van der Waals surface area contributed by atoms with Gasteiger partial charge in [0.2, 0.25) is 5.91 Å². The summed E-state index contributed by atoms with van der Waals surface area (Å²) in [7, 11) is 0. The van der Waals surface area contributed by atoms with Crippen molar-refractivity contribution in [2.75, 3.05) is 5.32 Å². The molecule has 1 aliphatic carbocycles. The third kappa shape index (κ3) is 2.40. The zero-order chi connectivity index (χ0) is 13.3. The molecule has 0 atom stereocenters. The van der Waals surface area contributed by atoms with Gasteiger partial charge in [-0.25, -0.2) is 0 Å². The fourth-order valence-electron chi connectivity index (χ4n) is 2.04. The van der Waals surface area contributed by atoms with E-state index in [0.29, 0.717) is 10.6 Å². The maximum atomic E-state index is 11.9. The summed E-state index contributed by atoms with van der Waals surface area (Å²) in [5.74, 6) is -0.252. The van der Waals surface area contributed by atoms with E-state index in [9.17, 15) is 10.1 Å². The van der Waals surface area contributed by atoms with Gasteiger partial charge in [-0.1, -0.05) is 0 Å². The number of fused-ring (bicyclic) bond motifs is 1. The molecule has 1 aromatic heterocycles. The van der Waals surface area contributed by atoms with Crippen molar-refractivity contribution in [1.82, 2.24) is 0 Å². The van der Waals surface area contributed by atoms with Crippen molar-refractivity contribution in [1.29, 1.82) is 5.26 Å². The summed E-state index contributed by atoms with van der Waals surface area (Å²) < 4.78 is 0. The van der Waals surface area contributed by atoms with Crippen LogP contribution in [-0.4, -0.2) is 11.4 Å². The molecule has 0 fully saturated rings. The van der Waals surface area contributed by atoms with E-state index in [-0.39, 0.29) is 5.91 Å². The van der Waals surface area contributed by atoms with Gasteiger partial charge < -0.3 is 11.1 Å². The topological polar surface area (TPSA) is 78.9 Å². The molecule has 4 nitrogen and oxygen atoms in total. The predicted molar refractivity (Wildman–Crippen MR) is 72.6 cm³/mol. The first-order valence-electron chi connectivity index (χ1n) is 6.08. The molecular weight excluding hydrogens is 246 g/mol. The zero-order valence-electron chi connectivity index (χ0n) is 10.7. The Morgan fingerprint density at radius 3 is 2.72 bits per heavy atom. The lowest BCUT2D eigenvalue weighted by molar-refractivity contribution is -0.120. The molecule has 96 valence electrons. The van der Waals surface area contributed by atoms with Crippen LogP contribution in [0.2, 0.25) is 0 Å². The summed E-state index contributed by atoms with van der Waals surface area (Å²) >= 11 is 1.52. The van der Waals surface area contributed by atoms with E-state index in [1.54, 1.807) is 13.8 Å². The van der Waals surface area contributed by atoms with Crippen molar-refractivity contribution in [3.05, 3.63) is 16.0 Å². The molecule has 0 aromatic carbocycles. The lowest BCUT2D eigenvalue weighted by Gasteiger charge is -2.17. The number of anilines is 1.